The highest BCUT2D eigenvalue weighted by Gasteiger charge is 2.08. The zero-order valence-electron chi connectivity index (χ0n) is 12.5. The fourth-order valence-electron chi connectivity index (χ4n) is 2.14. The molecule has 0 aliphatic carbocycles. The highest BCUT2D eigenvalue weighted by atomic mass is 35.5. The molecule has 2 aromatic heterocycles. The van der Waals surface area contributed by atoms with Crippen LogP contribution in [0.15, 0.2) is 65.7 Å². The van der Waals surface area contributed by atoms with Gasteiger partial charge in [0.25, 0.3) is 5.56 Å². The van der Waals surface area contributed by atoms with Gasteiger partial charge in [-0.25, -0.2) is 4.68 Å². The minimum atomic E-state index is -0.362. The van der Waals surface area contributed by atoms with Crippen LogP contribution in [0.4, 0.5) is 5.69 Å². The molecule has 0 saturated carbocycles. The lowest BCUT2D eigenvalue weighted by Crippen LogP contribution is -2.29. The first-order chi connectivity index (χ1) is 11.6. The van der Waals surface area contributed by atoms with E-state index in [1.54, 1.807) is 54.9 Å². The Morgan fingerprint density at radius 1 is 1.12 bits per heavy atom. The number of benzene rings is 1. The van der Waals surface area contributed by atoms with Crippen LogP contribution in [0.1, 0.15) is 0 Å². The number of halogens is 1. The summed E-state index contributed by atoms with van der Waals surface area (Å²) in [4.78, 5) is 28.0. The number of nitrogens with zero attached hydrogens (tertiary/aromatic N) is 3. The van der Waals surface area contributed by atoms with E-state index in [9.17, 15) is 9.59 Å². The van der Waals surface area contributed by atoms with Crippen molar-refractivity contribution < 1.29 is 4.79 Å². The van der Waals surface area contributed by atoms with Gasteiger partial charge in [0.15, 0.2) is 0 Å². The van der Waals surface area contributed by atoms with Crippen LogP contribution in [0.25, 0.3) is 11.3 Å². The third-order valence-electron chi connectivity index (χ3n) is 3.24. The maximum atomic E-state index is 12.1. The Balaban J connectivity index is 1.79. The largest absolute Gasteiger partial charge is 0.324 e. The summed E-state index contributed by atoms with van der Waals surface area (Å²) >= 11 is 5.88. The molecule has 120 valence electrons. The minimum Gasteiger partial charge on any atom is -0.324 e. The Morgan fingerprint density at radius 2 is 1.92 bits per heavy atom. The van der Waals surface area contributed by atoms with E-state index in [1.807, 2.05) is 0 Å². The van der Waals surface area contributed by atoms with Crippen molar-refractivity contribution in [2.45, 2.75) is 6.54 Å². The van der Waals surface area contributed by atoms with Crippen molar-refractivity contribution >= 4 is 23.2 Å². The molecule has 24 heavy (non-hydrogen) atoms. The van der Waals surface area contributed by atoms with Gasteiger partial charge in [0, 0.05) is 34.7 Å². The second-order valence-electron chi connectivity index (χ2n) is 5.01. The third kappa shape index (κ3) is 3.85. The summed E-state index contributed by atoms with van der Waals surface area (Å²) in [7, 11) is 0. The van der Waals surface area contributed by atoms with Gasteiger partial charge < -0.3 is 5.32 Å². The molecule has 0 atom stereocenters. The van der Waals surface area contributed by atoms with Gasteiger partial charge in [0.1, 0.15) is 6.54 Å². The standard InChI is InChI=1S/C17H13ClN4O2/c18-13-2-1-3-14(10-13)20-16(23)11-22-17(24)5-4-15(21-22)12-6-8-19-9-7-12/h1-10H,11H2,(H,20,23). The molecule has 3 rings (SSSR count). The van der Waals surface area contributed by atoms with E-state index < -0.39 is 0 Å². The Hall–Kier alpha value is -2.99. The number of rotatable bonds is 4. The van der Waals surface area contributed by atoms with Crippen LogP contribution >= 0.6 is 11.6 Å². The van der Waals surface area contributed by atoms with E-state index in [0.29, 0.717) is 16.4 Å². The van der Waals surface area contributed by atoms with Gasteiger partial charge >= 0.3 is 0 Å². The highest BCUT2D eigenvalue weighted by Crippen LogP contribution is 2.15. The number of hydrogen-bond acceptors (Lipinski definition) is 4. The molecule has 3 aromatic rings. The highest BCUT2D eigenvalue weighted by molar-refractivity contribution is 6.30. The number of pyridine rings is 1. The molecule has 1 N–H and O–H groups in total. The van der Waals surface area contributed by atoms with E-state index in [0.717, 1.165) is 10.2 Å². The third-order valence-corrected chi connectivity index (χ3v) is 3.48. The molecule has 0 aliphatic heterocycles. The smallest absolute Gasteiger partial charge is 0.267 e. The van der Waals surface area contributed by atoms with Crippen LogP contribution in [-0.2, 0) is 11.3 Å². The summed E-state index contributed by atoms with van der Waals surface area (Å²) in [6.45, 7) is -0.190. The van der Waals surface area contributed by atoms with Gasteiger partial charge in [-0.05, 0) is 36.4 Å². The zero-order chi connectivity index (χ0) is 16.9. The maximum absolute atomic E-state index is 12.1. The van der Waals surface area contributed by atoms with E-state index in [1.165, 1.54) is 6.07 Å². The van der Waals surface area contributed by atoms with Gasteiger partial charge in [0.2, 0.25) is 5.91 Å². The van der Waals surface area contributed by atoms with Crippen molar-refractivity contribution in [1.82, 2.24) is 14.8 Å². The Morgan fingerprint density at radius 3 is 2.67 bits per heavy atom. The molecule has 0 unspecified atom stereocenters. The van der Waals surface area contributed by atoms with E-state index in [-0.39, 0.29) is 18.0 Å². The fraction of sp³-hybridized carbons (Fsp3) is 0.0588. The van der Waals surface area contributed by atoms with Gasteiger partial charge in [-0.2, -0.15) is 5.10 Å². The molecule has 0 aliphatic rings. The molecule has 7 heteroatoms. The van der Waals surface area contributed by atoms with E-state index >= 15 is 0 Å². The molecular weight excluding hydrogens is 328 g/mol. The van der Waals surface area contributed by atoms with E-state index in [4.69, 9.17) is 11.6 Å². The van der Waals surface area contributed by atoms with Gasteiger partial charge in [0.05, 0.1) is 5.69 Å². The van der Waals surface area contributed by atoms with Crippen molar-refractivity contribution in [3.05, 3.63) is 76.3 Å². The van der Waals surface area contributed by atoms with Gasteiger partial charge in [-0.3, -0.25) is 14.6 Å². The summed E-state index contributed by atoms with van der Waals surface area (Å²) in [6, 6.07) is 13.3. The second-order valence-corrected chi connectivity index (χ2v) is 5.45. The molecular formula is C17H13ClN4O2. The number of hydrogen-bond donors (Lipinski definition) is 1. The summed E-state index contributed by atoms with van der Waals surface area (Å²) < 4.78 is 1.12. The van der Waals surface area contributed by atoms with Crippen LogP contribution in [0, 0.1) is 0 Å². The van der Waals surface area contributed by atoms with Crippen molar-refractivity contribution in [2.24, 2.45) is 0 Å². The minimum absolute atomic E-state index is 0.190. The number of carbonyl (C=O) groups is 1. The summed E-state index contributed by atoms with van der Waals surface area (Å²) in [5.74, 6) is -0.362. The lowest BCUT2D eigenvalue weighted by molar-refractivity contribution is -0.117. The maximum Gasteiger partial charge on any atom is 0.267 e. The van der Waals surface area contributed by atoms with Crippen molar-refractivity contribution in [3.63, 3.8) is 0 Å². The Labute approximate surface area is 142 Å². The fourth-order valence-corrected chi connectivity index (χ4v) is 2.33. The lowest BCUT2D eigenvalue weighted by atomic mass is 10.2. The number of nitrogens with one attached hydrogen (secondary N) is 1. The molecule has 1 aromatic carbocycles. The molecule has 6 nitrogen and oxygen atoms in total. The van der Waals surface area contributed by atoms with Crippen LogP contribution in [-0.4, -0.2) is 20.7 Å². The van der Waals surface area contributed by atoms with Crippen LogP contribution in [0.5, 0.6) is 0 Å². The summed E-state index contributed by atoms with van der Waals surface area (Å²) in [5.41, 5.74) is 1.61. The molecule has 2 heterocycles. The van der Waals surface area contributed by atoms with Crippen molar-refractivity contribution in [1.29, 1.82) is 0 Å². The molecule has 0 fully saturated rings. The van der Waals surface area contributed by atoms with Crippen molar-refractivity contribution in [2.75, 3.05) is 5.32 Å². The van der Waals surface area contributed by atoms with Crippen LogP contribution in [0.3, 0.4) is 0 Å². The summed E-state index contributed by atoms with van der Waals surface area (Å²) in [5, 5.41) is 7.43. The number of amides is 1. The first-order valence-corrected chi connectivity index (χ1v) is 7.53. The number of anilines is 1. The lowest BCUT2D eigenvalue weighted by Gasteiger charge is -2.08. The second kappa shape index (κ2) is 7.06. The topological polar surface area (TPSA) is 76.9 Å². The summed E-state index contributed by atoms with van der Waals surface area (Å²) in [6.07, 6.45) is 3.27. The predicted molar refractivity (Wildman–Crippen MR) is 91.8 cm³/mol. The van der Waals surface area contributed by atoms with Gasteiger partial charge in [-0.15, -0.1) is 0 Å². The number of aromatic nitrogens is 3. The molecule has 1 amide bonds. The van der Waals surface area contributed by atoms with Crippen LogP contribution < -0.4 is 10.9 Å². The molecule has 0 spiro atoms. The Kier molecular flexibility index (Phi) is 4.67. The quantitative estimate of drug-likeness (QED) is 0.792. The monoisotopic (exact) mass is 340 g/mol. The first kappa shape index (κ1) is 15.9. The molecule has 0 bridgehead atoms. The van der Waals surface area contributed by atoms with Gasteiger partial charge in [-0.1, -0.05) is 17.7 Å². The predicted octanol–water partition coefficient (Wildman–Crippen LogP) is 2.60. The van der Waals surface area contributed by atoms with E-state index in [2.05, 4.69) is 15.4 Å². The first-order valence-electron chi connectivity index (χ1n) is 7.16. The average molecular weight is 341 g/mol. The SMILES string of the molecule is O=C(Cn1nc(-c2ccncc2)ccc1=O)Nc1cccc(Cl)c1. The number of carbonyl (C=O) groups excluding carboxylic acids is 1. The van der Waals surface area contributed by atoms with Crippen LogP contribution in [0.2, 0.25) is 5.02 Å². The van der Waals surface area contributed by atoms with Crippen molar-refractivity contribution in [3.8, 4) is 11.3 Å². The zero-order valence-corrected chi connectivity index (χ0v) is 13.3. The Bertz CT molecular complexity index is 925. The molecule has 0 saturated heterocycles. The molecule has 0 radical (unpaired) electrons. The average Bonchev–Trinajstić information content (AvgIpc) is 2.57. The normalized spacial score (nSPS) is 10.4.